The van der Waals surface area contributed by atoms with E-state index >= 15 is 0 Å². The van der Waals surface area contributed by atoms with E-state index in [2.05, 4.69) is 10.2 Å². The van der Waals surface area contributed by atoms with Gasteiger partial charge in [-0.15, -0.1) is 0 Å². The van der Waals surface area contributed by atoms with E-state index in [1.165, 1.54) is 12.1 Å². The Balaban J connectivity index is 1.46. The van der Waals surface area contributed by atoms with Gasteiger partial charge in [0, 0.05) is 55.6 Å². The zero-order valence-electron chi connectivity index (χ0n) is 19.8. The lowest BCUT2D eigenvalue weighted by Crippen LogP contribution is -2.56. The Morgan fingerprint density at radius 1 is 0.971 bits per heavy atom. The van der Waals surface area contributed by atoms with Gasteiger partial charge in [-0.25, -0.2) is 4.39 Å². The molecule has 2 aromatic rings. The first-order valence-electron chi connectivity index (χ1n) is 11.8. The largest absolute Gasteiger partial charge is 0.497 e. The molecule has 7 nitrogen and oxygen atoms in total. The van der Waals surface area contributed by atoms with Crippen LogP contribution in [0.5, 0.6) is 11.5 Å². The van der Waals surface area contributed by atoms with Crippen LogP contribution in [0.2, 0.25) is 0 Å². The van der Waals surface area contributed by atoms with Crippen LogP contribution in [-0.2, 0) is 4.79 Å². The van der Waals surface area contributed by atoms with Crippen molar-refractivity contribution in [3.8, 4) is 11.5 Å². The number of ether oxygens (including phenoxy) is 2. The standard InChI is InChI=1S/C26H32FN3O4/c1-33-22-15-21(16-23(17-22)34-2)28-25(31)24(18-6-3-4-7-18)29-10-12-30(13-11-29)26(32)19-8-5-9-20(27)14-19/h5,8-9,14-18,24H,3-4,6-7,10-13H2,1-2H3,(H,28,31)/t24-/m0/s1. The van der Waals surface area contributed by atoms with Crippen molar-refractivity contribution in [1.29, 1.82) is 0 Å². The van der Waals surface area contributed by atoms with E-state index in [-0.39, 0.29) is 23.8 Å². The molecule has 2 aromatic carbocycles. The van der Waals surface area contributed by atoms with Crippen molar-refractivity contribution in [2.45, 2.75) is 31.7 Å². The Morgan fingerprint density at radius 2 is 1.62 bits per heavy atom. The average Bonchev–Trinajstić information content (AvgIpc) is 3.38. The first kappa shape index (κ1) is 24.0. The number of rotatable bonds is 7. The molecule has 182 valence electrons. The first-order valence-corrected chi connectivity index (χ1v) is 11.8. The molecule has 2 amide bonds. The number of nitrogens with one attached hydrogen (secondary N) is 1. The van der Waals surface area contributed by atoms with Crippen LogP contribution < -0.4 is 14.8 Å². The molecule has 1 aliphatic heterocycles. The van der Waals surface area contributed by atoms with Gasteiger partial charge in [0.15, 0.2) is 0 Å². The number of hydrogen-bond donors (Lipinski definition) is 1. The number of anilines is 1. The lowest BCUT2D eigenvalue weighted by Gasteiger charge is -2.40. The highest BCUT2D eigenvalue weighted by Crippen LogP contribution is 2.33. The molecule has 1 aliphatic carbocycles. The maximum absolute atomic E-state index is 13.6. The van der Waals surface area contributed by atoms with Crippen LogP contribution >= 0.6 is 0 Å². The molecule has 0 spiro atoms. The van der Waals surface area contributed by atoms with Gasteiger partial charge in [-0.05, 0) is 37.0 Å². The molecule has 0 unspecified atom stereocenters. The highest BCUT2D eigenvalue weighted by molar-refractivity contribution is 5.96. The topological polar surface area (TPSA) is 71.1 Å². The van der Waals surface area contributed by atoms with E-state index in [4.69, 9.17) is 9.47 Å². The Bertz CT molecular complexity index is 995. The third-order valence-corrected chi connectivity index (χ3v) is 6.80. The average molecular weight is 470 g/mol. The number of benzene rings is 2. The van der Waals surface area contributed by atoms with Crippen molar-refractivity contribution in [3.63, 3.8) is 0 Å². The molecule has 2 fully saturated rings. The van der Waals surface area contributed by atoms with Crippen LogP contribution in [0.25, 0.3) is 0 Å². The molecular weight excluding hydrogens is 437 g/mol. The molecule has 2 aliphatic rings. The fraction of sp³-hybridized carbons (Fsp3) is 0.462. The summed E-state index contributed by atoms with van der Waals surface area (Å²) in [6.45, 7) is 2.19. The zero-order chi connectivity index (χ0) is 24.1. The number of piperazine rings is 1. The maximum atomic E-state index is 13.6. The summed E-state index contributed by atoms with van der Waals surface area (Å²) in [6, 6.07) is 10.8. The van der Waals surface area contributed by atoms with Crippen molar-refractivity contribution in [2.75, 3.05) is 45.7 Å². The molecule has 1 saturated carbocycles. The third kappa shape index (κ3) is 5.50. The van der Waals surface area contributed by atoms with Crippen LogP contribution in [0.1, 0.15) is 36.0 Å². The molecule has 0 aromatic heterocycles. The quantitative estimate of drug-likeness (QED) is 0.668. The number of halogens is 1. The van der Waals surface area contributed by atoms with Crippen molar-refractivity contribution in [3.05, 3.63) is 53.8 Å². The van der Waals surface area contributed by atoms with Gasteiger partial charge in [-0.2, -0.15) is 0 Å². The van der Waals surface area contributed by atoms with Crippen LogP contribution in [0.4, 0.5) is 10.1 Å². The van der Waals surface area contributed by atoms with Crippen LogP contribution in [0, 0.1) is 11.7 Å². The zero-order valence-corrected chi connectivity index (χ0v) is 19.8. The second kappa shape index (κ2) is 10.9. The van der Waals surface area contributed by atoms with Crippen LogP contribution in [-0.4, -0.2) is 68.1 Å². The summed E-state index contributed by atoms with van der Waals surface area (Å²) in [5, 5.41) is 3.07. The van der Waals surface area contributed by atoms with Crippen molar-refractivity contribution in [2.24, 2.45) is 5.92 Å². The summed E-state index contributed by atoms with van der Waals surface area (Å²) >= 11 is 0. The molecule has 34 heavy (non-hydrogen) atoms. The highest BCUT2D eigenvalue weighted by Gasteiger charge is 2.37. The predicted octanol–water partition coefficient (Wildman–Crippen LogP) is 3.80. The monoisotopic (exact) mass is 469 g/mol. The predicted molar refractivity (Wildman–Crippen MR) is 128 cm³/mol. The summed E-state index contributed by atoms with van der Waals surface area (Å²) in [5.74, 6) is 0.847. The van der Waals surface area contributed by atoms with E-state index in [0.717, 1.165) is 25.7 Å². The number of nitrogens with zero attached hydrogens (tertiary/aromatic N) is 2. The maximum Gasteiger partial charge on any atom is 0.254 e. The minimum Gasteiger partial charge on any atom is -0.497 e. The molecular formula is C26H32FN3O4. The van der Waals surface area contributed by atoms with Crippen molar-refractivity contribution >= 4 is 17.5 Å². The molecule has 1 atom stereocenters. The summed E-state index contributed by atoms with van der Waals surface area (Å²) in [7, 11) is 3.15. The lowest BCUT2D eigenvalue weighted by molar-refractivity contribution is -0.123. The van der Waals surface area contributed by atoms with E-state index in [1.807, 2.05) is 0 Å². The number of carbonyl (C=O) groups excluding carboxylic acids is 2. The third-order valence-electron chi connectivity index (χ3n) is 6.80. The molecule has 4 rings (SSSR count). The molecule has 1 saturated heterocycles. The fourth-order valence-electron chi connectivity index (χ4n) is 5.05. The smallest absolute Gasteiger partial charge is 0.254 e. The van der Waals surface area contributed by atoms with Gasteiger partial charge in [0.25, 0.3) is 5.91 Å². The summed E-state index contributed by atoms with van der Waals surface area (Å²) in [4.78, 5) is 30.3. The summed E-state index contributed by atoms with van der Waals surface area (Å²) in [5.41, 5.74) is 0.981. The van der Waals surface area contributed by atoms with Crippen LogP contribution in [0.3, 0.4) is 0 Å². The van der Waals surface area contributed by atoms with E-state index in [9.17, 15) is 14.0 Å². The Morgan fingerprint density at radius 3 is 2.21 bits per heavy atom. The second-order valence-corrected chi connectivity index (χ2v) is 8.92. The van der Waals surface area contributed by atoms with E-state index in [1.54, 1.807) is 49.5 Å². The summed E-state index contributed by atoms with van der Waals surface area (Å²) in [6.07, 6.45) is 4.28. The normalized spacial score (nSPS) is 17.9. The molecule has 8 heteroatoms. The Kier molecular flexibility index (Phi) is 7.67. The van der Waals surface area contributed by atoms with E-state index < -0.39 is 5.82 Å². The number of amides is 2. The number of carbonyl (C=O) groups is 2. The van der Waals surface area contributed by atoms with Gasteiger partial charge in [0.05, 0.1) is 20.3 Å². The second-order valence-electron chi connectivity index (χ2n) is 8.92. The van der Waals surface area contributed by atoms with Gasteiger partial charge in [-0.1, -0.05) is 18.9 Å². The number of methoxy groups -OCH3 is 2. The van der Waals surface area contributed by atoms with Gasteiger partial charge in [-0.3, -0.25) is 14.5 Å². The molecule has 1 N–H and O–H groups in total. The summed E-state index contributed by atoms with van der Waals surface area (Å²) < 4.78 is 24.2. The molecule has 0 radical (unpaired) electrons. The van der Waals surface area contributed by atoms with Crippen molar-refractivity contribution < 1.29 is 23.5 Å². The van der Waals surface area contributed by atoms with Crippen LogP contribution in [0.15, 0.2) is 42.5 Å². The Hall–Kier alpha value is -3.13. The van der Waals surface area contributed by atoms with Gasteiger partial charge in [0.1, 0.15) is 17.3 Å². The van der Waals surface area contributed by atoms with Gasteiger partial charge < -0.3 is 19.7 Å². The molecule has 1 heterocycles. The lowest BCUT2D eigenvalue weighted by atomic mass is 9.94. The van der Waals surface area contributed by atoms with E-state index in [0.29, 0.717) is 48.9 Å². The Labute approximate surface area is 199 Å². The molecule has 0 bridgehead atoms. The van der Waals surface area contributed by atoms with Gasteiger partial charge in [0.2, 0.25) is 5.91 Å². The highest BCUT2D eigenvalue weighted by atomic mass is 19.1. The minimum atomic E-state index is -0.420. The number of hydrogen-bond acceptors (Lipinski definition) is 5. The van der Waals surface area contributed by atoms with Gasteiger partial charge >= 0.3 is 0 Å². The SMILES string of the molecule is COc1cc(NC(=O)[C@H](C2CCCC2)N2CCN(C(=O)c3cccc(F)c3)CC2)cc(OC)c1. The first-order chi connectivity index (χ1) is 16.5. The van der Waals surface area contributed by atoms with Crippen molar-refractivity contribution in [1.82, 2.24) is 9.80 Å². The fourth-order valence-corrected chi connectivity index (χ4v) is 5.05. The minimum absolute atomic E-state index is 0.0490.